The van der Waals surface area contributed by atoms with Crippen molar-refractivity contribution in [3.05, 3.63) is 17.8 Å². The minimum absolute atomic E-state index is 0.201. The van der Waals surface area contributed by atoms with Crippen molar-refractivity contribution in [2.75, 3.05) is 30.4 Å². The van der Waals surface area contributed by atoms with E-state index in [9.17, 15) is 4.79 Å². The summed E-state index contributed by atoms with van der Waals surface area (Å²) < 4.78 is 5.21. The lowest BCUT2D eigenvalue weighted by atomic mass is 10.1. The molecule has 18 heavy (non-hydrogen) atoms. The van der Waals surface area contributed by atoms with Crippen LogP contribution in [0.5, 0.6) is 0 Å². The van der Waals surface area contributed by atoms with Crippen molar-refractivity contribution in [3.63, 3.8) is 0 Å². The van der Waals surface area contributed by atoms with Crippen LogP contribution in [0, 0.1) is 11.3 Å². The molecule has 7 heteroatoms. The molecule has 2 heterocycles. The molecule has 1 fully saturated rings. The van der Waals surface area contributed by atoms with Crippen LogP contribution in [-0.4, -0.2) is 36.7 Å². The maximum atomic E-state index is 11.4. The van der Waals surface area contributed by atoms with E-state index < -0.39 is 11.9 Å². The monoisotopic (exact) mass is 247 g/mol. The molecule has 0 radical (unpaired) electrons. The fraction of sp³-hybridized carbons (Fsp3) is 0.364. The van der Waals surface area contributed by atoms with Crippen LogP contribution in [-0.2, 0) is 9.53 Å². The minimum atomic E-state index is -0.609. The lowest BCUT2D eigenvalue weighted by molar-refractivity contribution is -0.121. The van der Waals surface area contributed by atoms with E-state index in [4.69, 9.17) is 21.5 Å². The summed E-state index contributed by atoms with van der Waals surface area (Å²) in [7, 11) is 0. The number of carbonyl (C=O) groups excluding carboxylic acids is 1. The number of nitrogen functional groups attached to an aromatic ring is 1. The van der Waals surface area contributed by atoms with Gasteiger partial charge in [-0.3, -0.25) is 4.79 Å². The normalized spacial score (nSPS) is 19.3. The number of nitrogens with zero attached hydrogens (tertiary/aromatic N) is 3. The van der Waals surface area contributed by atoms with Gasteiger partial charge in [-0.2, -0.15) is 5.26 Å². The molecule has 1 atom stereocenters. The summed E-state index contributed by atoms with van der Waals surface area (Å²) in [6, 6.07) is 2.93. The minimum Gasteiger partial charge on any atom is -0.397 e. The molecule has 94 valence electrons. The Bertz CT molecular complexity index is 511. The summed E-state index contributed by atoms with van der Waals surface area (Å²) in [5.41, 5.74) is 11.6. The van der Waals surface area contributed by atoms with Gasteiger partial charge in [0, 0.05) is 6.54 Å². The van der Waals surface area contributed by atoms with Gasteiger partial charge in [0.05, 0.1) is 30.7 Å². The Morgan fingerprint density at radius 2 is 2.44 bits per heavy atom. The van der Waals surface area contributed by atoms with Gasteiger partial charge in [-0.25, -0.2) is 4.98 Å². The first-order chi connectivity index (χ1) is 8.63. The van der Waals surface area contributed by atoms with Crippen LogP contribution in [0.2, 0.25) is 0 Å². The van der Waals surface area contributed by atoms with E-state index in [0.29, 0.717) is 30.2 Å². The van der Waals surface area contributed by atoms with Gasteiger partial charge in [-0.15, -0.1) is 0 Å². The second-order valence-electron chi connectivity index (χ2n) is 3.94. The lowest BCUT2D eigenvalue weighted by Gasteiger charge is -2.34. The van der Waals surface area contributed by atoms with Crippen molar-refractivity contribution < 1.29 is 9.53 Å². The molecule has 1 aromatic rings. The number of carbonyl (C=O) groups is 1. The van der Waals surface area contributed by atoms with Crippen LogP contribution in [0.25, 0.3) is 0 Å². The highest BCUT2D eigenvalue weighted by Crippen LogP contribution is 2.22. The number of hydrogen-bond acceptors (Lipinski definition) is 6. The summed E-state index contributed by atoms with van der Waals surface area (Å²) in [6.45, 7) is 1.12. The average Bonchev–Trinajstić information content (AvgIpc) is 2.38. The highest BCUT2D eigenvalue weighted by Gasteiger charge is 2.30. The fourth-order valence-electron chi connectivity index (χ4n) is 1.88. The number of hydrogen-bond donors (Lipinski definition) is 2. The van der Waals surface area contributed by atoms with Crippen LogP contribution in [0.4, 0.5) is 11.5 Å². The summed E-state index contributed by atoms with van der Waals surface area (Å²) in [4.78, 5) is 17.2. The predicted octanol–water partition coefficient (Wildman–Crippen LogP) is -0.774. The number of morpholine rings is 1. The Morgan fingerprint density at radius 1 is 1.67 bits per heavy atom. The standard InChI is InChI=1S/C11H13N5O2/c12-4-7-3-8(13)5-15-11(7)16-1-2-18-6-9(16)10(14)17/h3,5,9H,1-2,6,13H2,(H2,14,17). The first-order valence-corrected chi connectivity index (χ1v) is 5.43. The maximum absolute atomic E-state index is 11.4. The molecule has 0 saturated carbocycles. The molecule has 1 aromatic heterocycles. The molecule has 1 saturated heterocycles. The zero-order valence-electron chi connectivity index (χ0n) is 9.67. The van der Waals surface area contributed by atoms with E-state index in [0.717, 1.165) is 0 Å². The van der Waals surface area contributed by atoms with Crippen molar-refractivity contribution in [2.24, 2.45) is 5.73 Å². The number of amides is 1. The van der Waals surface area contributed by atoms with Crippen molar-refractivity contribution in [1.82, 2.24) is 4.98 Å². The van der Waals surface area contributed by atoms with Gasteiger partial charge >= 0.3 is 0 Å². The molecule has 1 aliphatic rings. The maximum Gasteiger partial charge on any atom is 0.242 e. The van der Waals surface area contributed by atoms with E-state index in [1.165, 1.54) is 12.3 Å². The Hall–Kier alpha value is -2.33. The molecule has 1 unspecified atom stereocenters. The number of primary amides is 1. The number of pyridine rings is 1. The van der Waals surface area contributed by atoms with E-state index >= 15 is 0 Å². The summed E-state index contributed by atoms with van der Waals surface area (Å²) in [6.07, 6.45) is 1.45. The summed E-state index contributed by atoms with van der Waals surface area (Å²) >= 11 is 0. The largest absolute Gasteiger partial charge is 0.397 e. The SMILES string of the molecule is N#Cc1cc(N)cnc1N1CCOCC1C(N)=O. The van der Waals surface area contributed by atoms with E-state index in [1.807, 2.05) is 6.07 Å². The Morgan fingerprint density at radius 3 is 3.11 bits per heavy atom. The fourth-order valence-corrected chi connectivity index (χ4v) is 1.88. The second kappa shape index (κ2) is 4.89. The highest BCUT2D eigenvalue weighted by molar-refractivity contribution is 5.84. The van der Waals surface area contributed by atoms with Crippen molar-refractivity contribution in [2.45, 2.75) is 6.04 Å². The van der Waals surface area contributed by atoms with Gasteiger partial charge in [0.2, 0.25) is 5.91 Å². The van der Waals surface area contributed by atoms with E-state index in [1.54, 1.807) is 4.90 Å². The summed E-state index contributed by atoms with van der Waals surface area (Å²) in [5.74, 6) is -0.0870. The third-order valence-electron chi connectivity index (χ3n) is 2.74. The molecule has 0 aromatic carbocycles. The third kappa shape index (κ3) is 2.19. The topological polar surface area (TPSA) is 118 Å². The molecular formula is C11H13N5O2. The van der Waals surface area contributed by atoms with Gasteiger partial charge in [-0.1, -0.05) is 0 Å². The highest BCUT2D eigenvalue weighted by atomic mass is 16.5. The quantitative estimate of drug-likeness (QED) is 0.708. The zero-order chi connectivity index (χ0) is 13.1. The van der Waals surface area contributed by atoms with Crippen LogP contribution in [0.1, 0.15) is 5.56 Å². The van der Waals surface area contributed by atoms with Crippen LogP contribution in [0.3, 0.4) is 0 Å². The van der Waals surface area contributed by atoms with Crippen molar-refractivity contribution in [3.8, 4) is 6.07 Å². The van der Waals surface area contributed by atoms with Gasteiger partial charge in [0.25, 0.3) is 0 Å². The summed E-state index contributed by atoms with van der Waals surface area (Å²) in [5, 5.41) is 9.08. The number of rotatable bonds is 2. The molecule has 4 N–H and O–H groups in total. The number of nitrogens with two attached hydrogens (primary N) is 2. The van der Waals surface area contributed by atoms with Crippen molar-refractivity contribution in [1.29, 1.82) is 5.26 Å². The smallest absolute Gasteiger partial charge is 0.242 e. The number of ether oxygens (including phenoxy) is 1. The second-order valence-corrected chi connectivity index (χ2v) is 3.94. The van der Waals surface area contributed by atoms with Gasteiger partial charge in [-0.05, 0) is 6.07 Å². The van der Waals surface area contributed by atoms with Crippen LogP contribution >= 0.6 is 0 Å². The number of aromatic nitrogens is 1. The van der Waals surface area contributed by atoms with Crippen LogP contribution < -0.4 is 16.4 Å². The molecule has 7 nitrogen and oxygen atoms in total. The Kier molecular flexibility index (Phi) is 3.30. The third-order valence-corrected chi connectivity index (χ3v) is 2.74. The lowest BCUT2D eigenvalue weighted by Crippen LogP contribution is -2.53. The number of anilines is 2. The van der Waals surface area contributed by atoms with E-state index in [-0.39, 0.29) is 6.61 Å². The first kappa shape index (κ1) is 12.1. The van der Waals surface area contributed by atoms with Crippen LogP contribution in [0.15, 0.2) is 12.3 Å². The molecule has 0 aliphatic carbocycles. The van der Waals surface area contributed by atoms with Gasteiger partial charge in [0.1, 0.15) is 17.9 Å². The Labute approximate surface area is 104 Å². The first-order valence-electron chi connectivity index (χ1n) is 5.43. The molecular weight excluding hydrogens is 234 g/mol. The molecule has 0 bridgehead atoms. The molecule has 1 amide bonds. The van der Waals surface area contributed by atoms with Gasteiger partial charge < -0.3 is 21.1 Å². The molecule has 2 rings (SSSR count). The van der Waals surface area contributed by atoms with Gasteiger partial charge in [0.15, 0.2) is 0 Å². The number of nitriles is 1. The van der Waals surface area contributed by atoms with Crippen molar-refractivity contribution >= 4 is 17.4 Å². The molecule has 1 aliphatic heterocycles. The Balaban J connectivity index is 2.40. The van der Waals surface area contributed by atoms with E-state index in [2.05, 4.69) is 4.98 Å². The average molecular weight is 247 g/mol. The molecule has 0 spiro atoms. The predicted molar refractivity (Wildman–Crippen MR) is 64.5 cm³/mol. The zero-order valence-corrected chi connectivity index (χ0v) is 9.67.